The van der Waals surface area contributed by atoms with Gasteiger partial charge in [-0.3, -0.25) is 15.0 Å². The zero-order valence-electron chi connectivity index (χ0n) is 10.3. The minimum absolute atomic E-state index is 0.0168. The molecule has 0 aromatic heterocycles. The molecule has 0 aliphatic rings. The van der Waals surface area contributed by atoms with Gasteiger partial charge in [-0.2, -0.15) is 0 Å². The molecule has 17 heavy (non-hydrogen) atoms. The summed E-state index contributed by atoms with van der Waals surface area (Å²) in [4.78, 5) is 12.7. The molecule has 0 spiro atoms. The molecule has 1 unspecified atom stereocenters. The molecule has 0 heterocycles. The van der Waals surface area contributed by atoms with E-state index in [0.29, 0.717) is 6.54 Å². The van der Waals surface area contributed by atoms with Gasteiger partial charge in [0, 0.05) is 17.7 Å². The first-order chi connectivity index (χ1) is 8.07. The van der Waals surface area contributed by atoms with Gasteiger partial charge in [0.05, 0.1) is 4.92 Å². The number of benzene rings is 1. The van der Waals surface area contributed by atoms with E-state index in [1.54, 1.807) is 12.1 Å². The summed E-state index contributed by atoms with van der Waals surface area (Å²) in [5.41, 5.74) is 6.39. The number of hydrogen-bond acceptors (Lipinski definition) is 4. The monoisotopic (exact) mass is 237 g/mol. The highest BCUT2D eigenvalue weighted by Crippen LogP contribution is 2.27. The van der Waals surface area contributed by atoms with E-state index in [9.17, 15) is 10.1 Å². The smallest absolute Gasteiger partial charge is 0.274 e. The molecule has 0 aliphatic heterocycles. The number of hydrogen-bond donors (Lipinski definition) is 1. The van der Waals surface area contributed by atoms with Gasteiger partial charge in [0.1, 0.15) is 0 Å². The Morgan fingerprint density at radius 1 is 1.47 bits per heavy atom. The van der Waals surface area contributed by atoms with Crippen molar-refractivity contribution in [2.45, 2.75) is 19.4 Å². The van der Waals surface area contributed by atoms with E-state index in [1.165, 1.54) is 0 Å². The lowest BCUT2D eigenvalue weighted by molar-refractivity contribution is -0.385. The van der Waals surface area contributed by atoms with Crippen molar-refractivity contribution in [3.8, 4) is 0 Å². The van der Waals surface area contributed by atoms with Crippen LogP contribution in [0, 0.1) is 10.1 Å². The average Bonchev–Trinajstić information content (AvgIpc) is 2.34. The first-order valence-corrected chi connectivity index (χ1v) is 5.71. The number of nitro benzene ring substituents is 1. The SMILES string of the molecule is CC(c1ccccc1[N+](=O)[O-])N(C)CCCN. The third-order valence-electron chi connectivity index (χ3n) is 2.96. The maximum Gasteiger partial charge on any atom is 0.274 e. The van der Waals surface area contributed by atoms with Crippen LogP contribution in [0.3, 0.4) is 0 Å². The number of para-hydroxylation sites is 1. The molecule has 0 fully saturated rings. The summed E-state index contributed by atoms with van der Waals surface area (Å²) < 4.78 is 0. The minimum Gasteiger partial charge on any atom is -0.330 e. The van der Waals surface area contributed by atoms with Crippen LogP contribution in [-0.2, 0) is 0 Å². The van der Waals surface area contributed by atoms with Crippen molar-refractivity contribution < 1.29 is 4.92 Å². The summed E-state index contributed by atoms with van der Waals surface area (Å²) in [6.45, 7) is 3.44. The summed E-state index contributed by atoms with van der Waals surface area (Å²) >= 11 is 0. The van der Waals surface area contributed by atoms with Crippen molar-refractivity contribution in [1.29, 1.82) is 0 Å². The Bertz CT molecular complexity index is 382. The molecule has 5 heteroatoms. The molecule has 5 nitrogen and oxygen atoms in total. The topological polar surface area (TPSA) is 72.4 Å². The van der Waals surface area contributed by atoms with Gasteiger partial charge < -0.3 is 5.73 Å². The van der Waals surface area contributed by atoms with E-state index >= 15 is 0 Å². The fraction of sp³-hybridized carbons (Fsp3) is 0.500. The highest BCUT2D eigenvalue weighted by atomic mass is 16.6. The van der Waals surface area contributed by atoms with Crippen LogP contribution in [0.1, 0.15) is 24.9 Å². The summed E-state index contributed by atoms with van der Waals surface area (Å²) in [5, 5.41) is 10.9. The van der Waals surface area contributed by atoms with Crippen molar-refractivity contribution in [3.63, 3.8) is 0 Å². The number of rotatable bonds is 6. The van der Waals surface area contributed by atoms with Crippen LogP contribution in [0.15, 0.2) is 24.3 Å². The fourth-order valence-corrected chi connectivity index (χ4v) is 1.78. The van der Waals surface area contributed by atoms with Crippen molar-refractivity contribution in [3.05, 3.63) is 39.9 Å². The summed E-state index contributed by atoms with van der Waals surface area (Å²) in [6, 6.07) is 6.89. The predicted molar refractivity (Wildman–Crippen MR) is 67.8 cm³/mol. The second-order valence-electron chi connectivity index (χ2n) is 4.11. The highest BCUT2D eigenvalue weighted by Gasteiger charge is 2.20. The van der Waals surface area contributed by atoms with Gasteiger partial charge in [-0.1, -0.05) is 18.2 Å². The first kappa shape index (κ1) is 13.6. The Morgan fingerprint density at radius 3 is 2.71 bits per heavy atom. The van der Waals surface area contributed by atoms with Crippen molar-refractivity contribution in [2.24, 2.45) is 5.73 Å². The van der Waals surface area contributed by atoms with E-state index in [0.717, 1.165) is 18.5 Å². The number of nitro groups is 1. The average molecular weight is 237 g/mol. The van der Waals surface area contributed by atoms with Gasteiger partial charge in [-0.15, -0.1) is 0 Å². The van der Waals surface area contributed by atoms with Gasteiger partial charge in [0.25, 0.3) is 5.69 Å². The summed E-state index contributed by atoms with van der Waals surface area (Å²) in [5.74, 6) is 0. The molecule has 1 rings (SSSR count). The van der Waals surface area contributed by atoms with Gasteiger partial charge in [0.2, 0.25) is 0 Å². The van der Waals surface area contributed by atoms with E-state index in [2.05, 4.69) is 4.90 Å². The van der Waals surface area contributed by atoms with Crippen LogP contribution in [0.25, 0.3) is 0 Å². The Labute approximate surface area is 101 Å². The fourth-order valence-electron chi connectivity index (χ4n) is 1.78. The molecule has 1 atom stereocenters. The quantitative estimate of drug-likeness (QED) is 0.606. The Balaban J connectivity index is 2.87. The Kier molecular flexibility index (Phi) is 5.06. The number of nitrogens with zero attached hydrogens (tertiary/aromatic N) is 2. The van der Waals surface area contributed by atoms with Gasteiger partial charge in [-0.25, -0.2) is 0 Å². The molecule has 1 aromatic carbocycles. The molecule has 0 bridgehead atoms. The standard InChI is InChI=1S/C12H19N3O2/c1-10(14(2)9-5-8-13)11-6-3-4-7-12(11)15(16)17/h3-4,6-7,10H,5,8-9,13H2,1-2H3. The largest absolute Gasteiger partial charge is 0.330 e. The lowest BCUT2D eigenvalue weighted by Gasteiger charge is -2.24. The normalized spacial score (nSPS) is 12.7. The van der Waals surface area contributed by atoms with E-state index in [-0.39, 0.29) is 16.7 Å². The van der Waals surface area contributed by atoms with Gasteiger partial charge in [-0.05, 0) is 33.5 Å². The lowest BCUT2D eigenvalue weighted by atomic mass is 10.1. The van der Waals surface area contributed by atoms with Crippen molar-refractivity contribution in [1.82, 2.24) is 4.90 Å². The maximum absolute atomic E-state index is 10.9. The van der Waals surface area contributed by atoms with Crippen LogP contribution in [0.5, 0.6) is 0 Å². The number of nitrogens with two attached hydrogens (primary N) is 1. The molecule has 94 valence electrons. The second-order valence-corrected chi connectivity index (χ2v) is 4.11. The zero-order chi connectivity index (χ0) is 12.8. The van der Waals surface area contributed by atoms with E-state index < -0.39 is 0 Å². The molecular formula is C12H19N3O2. The molecular weight excluding hydrogens is 218 g/mol. The molecule has 0 saturated heterocycles. The first-order valence-electron chi connectivity index (χ1n) is 5.71. The van der Waals surface area contributed by atoms with Gasteiger partial charge in [0.15, 0.2) is 0 Å². The van der Waals surface area contributed by atoms with Crippen LogP contribution in [0.4, 0.5) is 5.69 Å². The van der Waals surface area contributed by atoms with Gasteiger partial charge >= 0.3 is 0 Å². The lowest BCUT2D eigenvalue weighted by Crippen LogP contribution is -2.25. The van der Waals surface area contributed by atoms with E-state index in [4.69, 9.17) is 5.73 Å². The van der Waals surface area contributed by atoms with Crippen molar-refractivity contribution >= 4 is 5.69 Å². The van der Waals surface area contributed by atoms with Crippen LogP contribution < -0.4 is 5.73 Å². The zero-order valence-corrected chi connectivity index (χ0v) is 10.3. The predicted octanol–water partition coefficient (Wildman–Crippen LogP) is 1.94. The van der Waals surface area contributed by atoms with Crippen LogP contribution >= 0.6 is 0 Å². The highest BCUT2D eigenvalue weighted by molar-refractivity contribution is 5.41. The molecule has 1 aromatic rings. The van der Waals surface area contributed by atoms with Crippen molar-refractivity contribution in [2.75, 3.05) is 20.1 Å². The van der Waals surface area contributed by atoms with E-state index in [1.807, 2.05) is 26.1 Å². The second kappa shape index (κ2) is 6.32. The molecule has 0 amide bonds. The summed E-state index contributed by atoms with van der Waals surface area (Å²) in [6.07, 6.45) is 0.890. The van der Waals surface area contributed by atoms with Crippen LogP contribution in [0.2, 0.25) is 0 Å². The molecule has 0 aliphatic carbocycles. The maximum atomic E-state index is 10.9. The third-order valence-corrected chi connectivity index (χ3v) is 2.96. The molecule has 0 radical (unpaired) electrons. The van der Waals surface area contributed by atoms with Crippen LogP contribution in [-0.4, -0.2) is 30.0 Å². The third kappa shape index (κ3) is 3.51. The Hall–Kier alpha value is -1.46. The Morgan fingerprint density at radius 2 is 2.12 bits per heavy atom. The molecule has 0 saturated carbocycles. The minimum atomic E-state index is -0.331. The summed E-state index contributed by atoms with van der Waals surface area (Å²) in [7, 11) is 1.96. The molecule has 2 N–H and O–H groups in total.